The maximum absolute atomic E-state index is 15.2. The van der Waals surface area contributed by atoms with Crippen molar-refractivity contribution in [3.05, 3.63) is 0 Å². The number of nitrogens with one attached hydrogen (secondary N) is 1. The van der Waals surface area contributed by atoms with Gasteiger partial charge in [-0.2, -0.15) is 13.2 Å². The van der Waals surface area contributed by atoms with Gasteiger partial charge in [-0.15, -0.1) is 0 Å². The van der Waals surface area contributed by atoms with Crippen molar-refractivity contribution < 1.29 is 26.6 Å². The lowest BCUT2D eigenvalue weighted by Gasteiger charge is -2.39. The number of halogens is 4. The Bertz CT molecular complexity index is 430. The van der Waals surface area contributed by atoms with E-state index in [0.29, 0.717) is 0 Å². The lowest BCUT2D eigenvalue weighted by atomic mass is 9.77. The molecule has 0 fully saturated rings. The standard InChI is InChI=1S/C14H25F4NO2S/c1-8(2)10(20)13(15,9(3)4)11(14(16,17)18)19-22(21)12(5,6)7/h8-9,11,19H,1-7H3/t11-,13?,22-/m0/s1. The van der Waals surface area contributed by atoms with E-state index in [4.69, 9.17) is 0 Å². The monoisotopic (exact) mass is 347 g/mol. The van der Waals surface area contributed by atoms with Gasteiger partial charge in [0.25, 0.3) is 0 Å². The summed E-state index contributed by atoms with van der Waals surface area (Å²) < 4.78 is 68.1. The van der Waals surface area contributed by atoms with Gasteiger partial charge in [-0.1, -0.05) is 27.7 Å². The highest BCUT2D eigenvalue weighted by molar-refractivity contribution is 7.84. The normalized spacial score (nSPS) is 19.1. The summed E-state index contributed by atoms with van der Waals surface area (Å²) in [5.74, 6) is -3.29. The summed E-state index contributed by atoms with van der Waals surface area (Å²) in [6, 6.07) is -2.82. The van der Waals surface area contributed by atoms with Crippen LogP contribution in [0.3, 0.4) is 0 Å². The molecule has 0 aromatic rings. The van der Waals surface area contributed by atoms with E-state index in [2.05, 4.69) is 0 Å². The number of Topliss-reactive ketones (excluding diaryl/α,β-unsaturated/α-hetero) is 1. The fourth-order valence-electron chi connectivity index (χ4n) is 1.88. The molecule has 0 aromatic carbocycles. The molecule has 0 aliphatic heterocycles. The largest absolute Gasteiger partial charge is 0.408 e. The van der Waals surface area contributed by atoms with Crippen molar-refractivity contribution >= 4 is 16.8 Å². The third-order valence-corrected chi connectivity index (χ3v) is 4.83. The first-order chi connectivity index (χ1) is 9.56. The highest BCUT2D eigenvalue weighted by Gasteiger charge is 2.61. The van der Waals surface area contributed by atoms with Crippen LogP contribution >= 0.6 is 0 Å². The van der Waals surface area contributed by atoms with Crippen LogP contribution in [0, 0.1) is 11.8 Å². The summed E-state index contributed by atoms with van der Waals surface area (Å²) in [7, 11) is -2.17. The smallest absolute Gasteiger partial charge is 0.296 e. The van der Waals surface area contributed by atoms with Crippen LogP contribution in [-0.2, 0) is 15.8 Å². The van der Waals surface area contributed by atoms with Crippen LogP contribution in [0.5, 0.6) is 0 Å². The second kappa shape index (κ2) is 6.95. The number of alkyl halides is 4. The molecule has 0 radical (unpaired) electrons. The van der Waals surface area contributed by atoms with Gasteiger partial charge < -0.3 is 0 Å². The predicted molar refractivity (Wildman–Crippen MR) is 79.4 cm³/mol. The average molecular weight is 347 g/mol. The first kappa shape index (κ1) is 21.5. The van der Waals surface area contributed by atoms with E-state index in [9.17, 15) is 22.2 Å². The molecular formula is C14H25F4NO2S. The van der Waals surface area contributed by atoms with Gasteiger partial charge in [-0.3, -0.25) is 4.79 Å². The van der Waals surface area contributed by atoms with Crippen molar-refractivity contribution in [2.45, 2.75) is 71.1 Å². The molecule has 0 saturated carbocycles. The van der Waals surface area contributed by atoms with Crippen LogP contribution in [0.2, 0.25) is 0 Å². The van der Waals surface area contributed by atoms with Crippen molar-refractivity contribution in [3.8, 4) is 0 Å². The first-order valence-corrected chi connectivity index (χ1v) is 8.19. The Hall–Kier alpha value is -0.500. The average Bonchev–Trinajstić information content (AvgIpc) is 2.30. The van der Waals surface area contributed by atoms with Gasteiger partial charge in [-0.25, -0.2) is 13.3 Å². The van der Waals surface area contributed by atoms with Gasteiger partial charge in [0.15, 0.2) is 17.5 Å². The lowest BCUT2D eigenvalue weighted by molar-refractivity contribution is -0.194. The number of carbonyl (C=O) groups is 1. The Balaban J connectivity index is 5.94. The zero-order valence-corrected chi connectivity index (χ0v) is 14.8. The van der Waals surface area contributed by atoms with Crippen LogP contribution in [-0.4, -0.2) is 32.6 Å². The molecule has 0 spiro atoms. The Labute approximate surface area is 131 Å². The molecule has 0 amide bonds. The second-order valence-electron chi connectivity index (χ2n) is 6.92. The molecule has 3 atom stereocenters. The molecule has 0 bridgehead atoms. The van der Waals surface area contributed by atoms with Crippen LogP contribution in [0.1, 0.15) is 48.5 Å². The number of hydrogen-bond acceptors (Lipinski definition) is 2. The van der Waals surface area contributed by atoms with E-state index in [1.807, 2.05) is 0 Å². The molecular weight excluding hydrogens is 322 g/mol. The van der Waals surface area contributed by atoms with Gasteiger partial charge in [-0.05, 0) is 26.7 Å². The molecule has 22 heavy (non-hydrogen) atoms. The van der Waals surface area contributed by atoms with E-state index >= 15 is 4.39 Å². The van der Waals surface area contributed by atoms with E-state index in [1.165, 1.54) is 48.5 Å². The minimum Gasteiger partial charge on any atom is -0.296 e. The van der Waals surface area contributed by atoms with Gasteiger partial charge >= 0.3 is 6.18 Å². The Kier molecular flexibility index (Phi) is 6.79. The van der Waals surface area contributed by atoms with Gasteiger partial charge in [0, 0.05) is 5.92 Å². The Morgan fingerprint density at radius 2 is 1.41 bits per heavy atom. The summed E-state index contributed by atoms with van der Waals surface area (Å²) in [6.45, 7) is 9.48. The maximum Gasteiger partial charge on any atom is 0.408 e. The molecule has 1 N–H and O–H groups in total. The molecule has 0 aliphatic carbocycles. The van der Waals surface area contributed by atoms with E-state index in [1.54, 1.807) is 4.72 Å². The summed E-state index contributed by atoms with van der Waals surface area (Å²) >= 11 is 0. The molecule has 0 aliphatic rings. The Morgan fingerprint density at radius 3 is 1.64 bits per heavy atom. The van der Waals surface area contributed by atoms with Crippen molar-refractivity contribution in [1.29, 1.82) is 0 Å². The second-order valence-corrected chi connectivity index (χ2v) is 8.91. The minimum atomic E-state index is -5.05. The van der Waals surface area contributed by atoms with Crippen molar-refractivity contribution in [3.63, 3.8) is 0 Å². The van der Waals surface area contributed by atoms with E-state index in [0.717, 1.165) is 0 Å². The molecule has 0 rings (SSSR count). The molecule has 0 aromatic heterocycles. The molecule has 132 valence electrons. The fraction of sp³-hybridized carbons (Fsp3) is 0.929. The van der Waals surface area contributed by atoms with Crippen molar-refractivity contribution in [1.82, 2.24) is 4.72 Å². The summed E-state index contributed by atoms with van der Waals surface area (Å²) in [5.41, 5.74) is -3.19. The highest BCUT2D eigenvalue weighted by atomic mass is 32.2. The molecule has 0 heterocycles. The third kappa shape index (κ3) is 4.75. The molecule has 8 heteroatoms. The van der Waals surface area contributed by atoms with Crippen LogP contribution < -0.4 is 4.72 Å². The minimum absolute atomic E-state index is 0.915. The number of rotatable bonds is 6. The predicted octanol–water partition coefficient (Wildman–Crippen LogP) is 3.56. The Morgan fingerprint density at radius 1 is 1.00 bits per heavy atom. The highest BCUT2D eigenvalue weighted by Crippen LogP contribution is 2.39. The SMILES string of the molecule is CC(C)C(=O)C(F)(C(C)C)[C@H](N[S@@](=O)C(C)(C)C)C(F)(F)F. The number of carbonyl (C=O) groups excluding carboxylic acids is 1. The van der Waals surface area contributed by atoms with Crippen molar-refractivity contribution in [2.24, 2.45) is 11.8 Å². The zero-order chi connectivity index (χ0) is 18.1. The molecule has 3 nitrogen and oxygen atoms in total. The van der Waals surface area contributed by atoms with Gasteiger partial charge in [0.2, 0.25) is 0 Å². The van der Waals surface area contributed by atoms with Crippen LogP contribution in [0.25, 0.3) is 0 Å². The molecule has 0 saturated heterocycles. The first-order valence-electron chi connectivity index (χ1n) is 7.04. The van der Waals surface area contributed by atoms with E-state index in [-0.39, 0.29) is 0 Å². The van der Waals surface area contributed by atoms with E-state index < -0.39 is 51.2 Å². The summed E-state index contributed by atoms with van der Waals surface area (Å²) in [6.07, 6.45) is -5.05. The summed E-state index contributed by atoms with van der Waals surface area (Å²) in [4.78, 5) is 12.1. The zero-order valence-electron chi connectivity index (χ0n) is 14.0. The van der Waals surface area contributed by atoms with Gasteiger partial charge in [0.1, 0.15) is 0 Å². The topological polar surface area (TPSA) is 46.2 Å². The summed E-state index contributed by atoms with van der Waals surface area (Å²) in [5, 5.41) is 0. The number of ketones is 1. The van der Waals surface area contributed by atoms with Crippen molar-refractivity contribution in [2.75, 3.05) is 0 Å². The fourth-order valence-corrected chi connectivity index (χ4v) is 2.75. The molecule has 1 unspecified atom stereocenters. The maximum atomic E-state index is 15.2. The number of hydrogen-bond donors (Lipinski definition) is 1. The van der Waals surface area contributed by atoms with Crippen LogP contribution in [0.4, 0.5) is 17.6 Å². The quantitative estimate of drug-likeness (QED) is 0.747. The van der Waals surface area contributed by atoms with Gasteiger partial charge in [0.05, 0.1) is 15.7 Å². The lowest BCUT2D eigenvalue weighted by Crippen LogP contribution is -2.64. The third-order valence-electron chi connectivity index (χ3n) is 3.27. The van der Waals surface area contributed by atoms with Crippen LogP contribution in [0.15, 0.2) is 0 Å².